The Kier molecular flexibility index (Phi) is 8.01. The summed E-state index contributed by atoms with van der Waals surface area (Å²) in [5, 5.41) is 16.2. The van der Waals surface area contributed by atoms with Crippen LogP contribution in [0.15, 0.2) is 42.5 Å². The van der Waals surface area contributed by atoms with Crippen LogP contribution in [0.4, 0.5) is 0 Å². The molecule has 29 heavy (non-hydrogen) atoms. The van der Waals surface area contributed by atoms with Crippen LogP contribution >= 0.6 is 12.4 Å². The van der Waals surface area contributed by atoms with Crippen molar-refractivity contribution in [3.63, 3.8) is 0 Å². The second kappa shape index (κ2) is 10.2. The quantitative estimate of drug-likeness (QED) is 0.550. The fourth-order valence-corrected chi connectivity index (χ4v) is 3.26. The number of benzene rings is 2. The number of amides is 1. The number of methoxy groups -OCH3 is 1. The molecule has 1 fully saturated rings. The lowest BCUT2D eigenvalue weighted by atomic mass is 10.00. The number of ether oxygens (including phenoxy) is 1. The Bertz CT molecular complexity index is 858. The Morgan fingerprint density at radius 1 is 1.17 bits per heavy atom. The zero-order valence-electron chi connectivity index (χ0n) is 16.2. The number of hydrogen-bond acceptors (Lipinski definition) is 6. The Hall–Kier alpha value is -2.61. The van der Waals surface area contributed by atoms with E-state index >= 15 is 0 Å². The largest absolute Gasteiger partial charge is 0.507 e. The number of ketones is 1. The topological polar surface area (TPSA) is 114 Å². The summed E-state index contributed by atoms with van der Waals surface area (Å²) in [5.74, 6) is -0.208. The molecule has 0 radical (unpaired) electrons. The maximum Gasteiger partial charge on any atom is 0.251 e. The number of nitrogens with two attached hydrogens (primary N) is 1. The highest BCUT2D eigenvalue weighted by molar-refractivity contribution is 6.11. The van der Waals surface area contributed by atoms with Crippen molar-refractivity contribution in [1.82, 2.24) is 10.6 Å². The molecule has 1 aliphatic heterocycles. The lowest BCUT2D eigenvalue weighted by Gasteiger charge is -2.22. The van der Waals surface area contributed by atoms with Crippen molar-refractivity contribution in [2.45, 2.75) is 24.9 Å². The van der Waals surface area contributed by atoms with Gasteiger partial charge in [-0.15, -0.1) is 12.4 Å². The highest BCUT2D eigenvalue weighted by Gasteiger charge is 2.22. The molecular weight excluding hydrogens is 394 g/mol. The number of aromatic hydroxyl groups is 1. The van der Waals surface area contributed by atoms with Gasteiger partial charge in [-0.25, -0.2) is 0 Å². The van der Waals surface area contributed by atoms with Crippen molar-refractivity contribution in [3.8, 4) is 11.5 Å². The maximum absolute atomic E-state index is 12.7. The smallest absolute Gasteiger partial charge is 0.251 e. The third-order valence-corrected chi connectivity index (χ3v) is 4.94. The van der Waals surface area contributed by atoms with E-state index in [4.69, 9.17) is 10.5 Å². The minimum atomic E-state index is -0.347. The van der Waals surface area contributed by atoms with Gasteiger partial charge in [0.15, 0.2) is 5.78 Å². The lowest BCUT2D eigenvalue weighted by molar-refractivity contribution is 0.0928. The zero-order valence-corrected chi connectivity index (χ0v) is 17.0. The summed E-state index contributed by atoms with van der Waals surface area (Å²) >= 11 is 0. The lowest BCUT2D eigenvalue weighted by Crippen LogP contribution is -2.50. The number of phenolic OH excluding ortho intramolecular Hbond substituents is 1. The van der Waals surface area contributed by atoms with Crippen molar-refractivity contribution < 1.29 is 19.4 Å². The molecular formula is C21H26ClN3O4. The second-order valence-electron chi connectivity index (χ2n) is 6.88. The molecule has 1 amide bonds. The van der Waals surface area contributed by atoms with Crippen LogP contribution in [-0.4, -0.2) is 49.1 Å². The predicted octanol–water partition coefficient (Wildman–Crippen LogP) is 1.86. The summed E-state index contributed by atoms with van der Waals surface area (Å²) in [6.07, 6.45) is 1.78. The monoisotopic (exact) mass is 419 g/mol. The molecule has 5 N–H and O–H groups in total. The molecule has 2 atom stereocenters. The summed E-state index contributed by atoms with van der Waals surface area (Å²) in [4.78, 5) is 25.2. The van der Waals surface area contributed by atoms with E-state index in [1.165, 1.54) is 19.2 Å². The van der Waals surface area contributed by atoms with Gasteiger partial charge in [0.05, 0.1) is 12.7 Å². The van der Waals surface area contributed by atoms with E-state index in [1.54, 1.807) is 30.3 Å². The molecule has 0 bridgehead atoms. The van der Waals surface area contributed by atoms with Crippen LogP contribution in [-0.2, 0) is 0 Å². The van der Waals surface area contributed by atoms with Crippen LogP contribution in [0.2, 0.25) is 0 Å². The number of rotatable bonds is 5. The highest BCUT2D eigenvalue weighted by atomic mass is 35.5. The molecule has 1 aliphatic rings. The Morgan fingerprint density at radius 3 is 2.55 bits per heavy atom. The van der Waals surface area contributed by atoms with Gasteiger partial charge in [-0.3, -0.25) is 9.59 Å². The normalized spacial score (nSPS) is 18.8. The number of halogens is 1. The summed E-state index contributed by atoms with van der Waals surface area (Å²) < 4.78 is 5.11. The third kappa shape index (κ3) is 5.47. The molecule has 0 spiro atoms. The van der Waals surface area contributed by atoms with Gasteiger partial charge >= 0.3 is 0 Å². The first-order valence-electron chi connectivity index (χ1n) is 9.28. The van der Waals surface area contributed by atoms with E-state index in [1.807, 2.05) is 0 Å². The van der Waals surface area contributed by atoms with E-state index in [-0.39, 0.29) is 47.5 Å². The van der Waals surface area contributed by atoms with Gasteiger partial charge in [-0.1, -0.05) is 12.1 Å². The average Bonchev–Trinajstić information content (AvgIpc) is 2.92. The van der Waals surface area contributed by atoms with Crippen molar-refractivity contribution in [3.05, 3.63) is 59.2 Å². The van der Waals surface area contributed by atoms with Gasteiger partial charge in [0.25, 0.3) is 5.91 Å². The van der Waals surface area contributed by atoms with Crippen molar-refractivity contribution in [1.29, 1.82) is 0 Å². The van der Waals surface area contributed by atoms with Crippen LogP contribution in [0.5, 0.6) is 11.5 Å². The third-order valence-electron chi connectivity index (χ3n) is 4.94. The van der Waals surface area contributed by atoms with Gasteiger partial charge in [0.2, 0.25) is 0 Å². The number of carbonyl (C=O) groups is 2. The Labute approximate surface area is 176 Å². The predicted molar refractivity (Wildman–Crippen MR) is 113 cm³/mol. The highest BCUT2D eigenvalue weighted by Crippen LogP contribution is 2.25. The molecule has 0 aromatic heterocycles. The number of hydrogen-bond donors (Lipinski definition) is 4. The van der Waals surface area contributed by atoms with Gasteiger partial charge in [-0.05, 0) is 49.7 Å². The van der Waals surface area contributed by atoms with E-state index < -0.39 is 0 Å². The molecule has 0 saturated carbocycles. The fourth-order valence-electron chi connectivity index (χ4n) is 3.26. The standard InChI is InChI=1S/C21H25N3O4.ClH/c1-28-15-8-9-19(25)16(11-15)20(26)13-4-6-14(7-5-13)21(27)24-18-3-2-10-23-12-17(18)22;/h4-9,11,17-18,23,25H,2-3,10,12,22H2,1H3,(H,24,27);1H/t17-,18-;/m1./s1. The molecule has 0 aliphatic carbocycles. The fraction of sp³-hybridized carbons (Fsp3) is 0.333. The Morgan fingerprint density at radius 2 is 1.86 bits per heavy atom. The summed E-state index contributed by atoms with van der Waals surface area (Å²) in [6.45, 7) is 1.57. The minimum Gasteiger partial charge on any atom is -0.507 e. The van der Waals surface area contributed by atoms with Crippen molar-refractivity contribution >= 4 is 24.1 Å². The molecule has 7 nitrogen and oxygen atoms in total. The average molecular weight is 420 g/mol. The van der Waals surface area contributed by atoms with Crippen LogP contribution in [0.1, 0.15) is 39.1 Å². The SMILES string of the molecule is COc1ccc(O)c(C(=O)c2ccc(C(=O)N[C@@H]3CCCNC[C@H]3N)cc2)c1.Cl. The molecule has 8 heteroatoms. The molecule has 1 saturated heterocycles. The second-order valence-corrected chi connectivity index (χ2v) is 6.88. The van der Waals surface area contributed by atoms with Gasteiger partial charge < -0.3 is 26.2 Å². The zero-order chi connectivity index (χ0) is 20.1. The van der Waals surface area contributed by atoms with Crippen LogP contribution in [0.3, 0.4) is 0 Å². The van der Waals surface area contributed by atoms with Crippen molar-refractivity contribution in [2.24, 2.45) is 5.73 Å². The van der Waals surface area contributed by atoms with Gasteiger partial charge in [-0.2, -0.15) is 0 Å². The van der Waals surface area contributed by atoms with Crippen molar-refractivity contribution in [2.75, 3.05) is 20.2 Å². The van der Waals surface area contributed by atoms with E-state index in [0.717, 1.165) is 19.4 Å². The Balaban J connectivity index is 0.00000300. The minimum absolute atomic E-state index is 0. The summed E-state index contributed by atoms with van der Waals surface area (Å²) in [7, 11) is 1.49. The summed E-state index contributed by atoms with van der Waals surface area (Å²) in [6, 6.07) is 10.6. The number of carbonyl (C=O) groups excluding carboxylic acids is 2. The molecule has 2 aromatic rings. The molecule has 156 valence electrons. The van der Waals surface area contributed by atoms with Crippen LogP contribution in [0.25, 0.3) is 0 Å². The number of phenols is 1. The number of nitrogens with one attached hydrogen (secondary N) is 2. The molecule has 0 unspecified atom stereocenters. The maximum atomic E-state index is 12.7. The first kappa shape index (κ1) is 22.7. The molecule has 1 heterocycles. The van der Waals surface area contributed by atoms with Crippen LogP contribution in [0, 0.1) is 0 Å². The first-order chi connectivity index (χ1) is 13.5. The summed E-state index contributed by atoms with van der Waals surface area (Å²) in [5.41, 5.74) is 7.09. The molecule has 2 aromatic carbocycles. The van der Waals surface area contributed by atoms with Gasteiger partial charge in [0.1, 0.15) is 11.5 Å². The van der Waals surface area contributed by atoms with E-state index in [2.05, 4.69) is 10.6 Å². The van der Waals surface area contributed by atoms with E-state index in [9.17, 15) is 14.7 Å². The van der Waals surface area contributed by atoms with Gasteiger partial charge in [0, 0.05) is 29.8 Å². The first-order valence-corrected chi connectivity index (χ1v) is 9.28. The van der Waals surface area contributed by atoms with Crippen LogP contribution < -0.4 is 21.1 Å². The molecule has 3 rings (SSSR count). The van der Waals surface area contributed by atoms with E-state index in [0.29, 0.717) is 23.4 Å².